The molecule has 2 unspecified atom stereocenters. The summed E-state index contributed by atoms with van der Waals surface area (Å²) in [7, 11) is 0. The zero-order valence-electron chi connectivity index (χ0n) is 11.9. The van der Waals surface area contributed by atoms with E-state index in [-0.39, 0.29) is 29.9 Å². The standard InChI is InChI=1S/C16H21NO4/c18-12-7-5-11(6-8-12)13-10-14(13)16(21)17-9-3-1-2-4-15(19)20/h5-8,13-14,18H,1-4,9-10H2,(H,17,21)(H,19,20). The van der Waals surface area contributed by atoms with E-state index in [1.165, 1.54) is 0 Å². The second-order valence-electron chi connectivity index (χ2n) is 5.54. The number of carbonyl (C=O) groups is 2. The third-order valence-corrected chi connectivity index (χ3v) is 3.82. The summed E-state index contributed by atoms with van der Waals surface area (Å²) in [5.74, 6) is -0.159. The number of amides is 1. The van der Waals surface area contributed by atoms with Crippen LogP contribution >= 0.6 is 0 Å². The van der Waals surface area contributed by atoms with E-state index >= 15 is 0 Å². The molecule has 1 aliphatic rings. The van der Waals surface area contributed by atoms with Gasteiger partial charge in [0.25, 0.3) is 0 Å². The summed E-state index contributed by atoms with van der Waals surface area (Å²) < 4.78 is 0. The fourth-order valence-electron chi connectivity index (χ4n) is 2.50. The lowest BCUT2D eigenvalue weighted by molar-refractivity contribution is -0.137. The van der Waals surface area contributed by atoms with E-state index in [1.54, 1.807) is 12.1 Å². The van der Waals surface area contributed by atoms with Gasteiger partial charge in [0.05, 0.1) is 0 Å². The maximum atomic E-state index is 11.9. The molecule has 1 aromatic carbocycles. The molecule has 3 N–H and O–H groups in total. The van der Waals surface area contributed by atoms with Crippen LogP contribution in [0.5, 0.6) is 5.75 Å². The minimum absolute atomic E-state index is 0.0357. The van der Waals surface area contributed by atoms with E-state index in [4.69, 9.17) is 5.11 Å². The Labute approximate surface area is 124 Å². The van der Waals surface area contributed by atoms with Crippen LogP contribution in [0.1, 0.15) is 43.6 Å². The molecule has 0 radical (unpaired) electrons. The second kappa shape index (κ2) is 7.11. The zero-order chi connectivity index (χ0) is 15.2. The number of unbranched alkanes of at least 4 members (excludes halogenated alkanes) is 2. The summed E-state index contributed by atoms with van der Waals surface area (Å²) in [5.41, 5.74) is 1.09. The molecule has 21 heavy (non-hydrogen) atoms. The first-order valence-electron chi connectivity index (χ1n) is 7.36. The number of phenolic OH excluding ortho intramolecular Hbond substituents is 1. The number of hydrogen-bond acceptors (Lipinski definition) is 3. The minimum Gasteiger partial charge on any atom is -0.508 e. The quantitative estimate of drug-likeness (QED) is 0.641. The van der Waals surface area contributed by atoms with Crippen LogP contribution in [-0.4, -0.2) is 28.6 Å². The van der Waals surface area contributed by atoms with Crippen molar-refractivity contribution in [2.24, 2.45) is 5.92 Å². The molecule has 1 saturated carbocycles. The van der Waals surface area contributed by atoms with Crippen molar-refractivity contribution >= 4 is 11.9 Å². The molecular formula is C16H21NO4. The van der Waals surface area contributed by atoms with Crippen molar-refractivity contribution in [1.29, 1.82) is 0 Å². The molecule has 0 heterocycles. The summed E-state index contributed by atoms with van der Waals surface area (Å²) >= 11 is 0. The van der Waals surface area contributed by atoms with Crippen LogP contribution in [0.3, 0.4) is 0 Å². The summed E-state index contributed by atoms with van der Waals surface area (Å²) in [6, 6.07) is 7.01. The van der Waals surface area contributed by atoms with Gasteiger partial charge in [-0.3, -0.25) is 9.59 Å². The van der Waals surface area contributed by atoms with E-state index in [0.717, 1.165) is 24.8 Å². The predicted octanol–water partition coefficient (Wildman–Crippen LogP) is 2.26. The number of carbonyl (C=O) groups excluding carboxylic acids is 1. The molecule has 2 atom stereocenters. The fourth-order valence-corrected chi connectivity index (χ4v) is 2.50. The summed E-state index contributed by atoms with van der Waals surface area (Å²) in [5, 5.41) is 20.7. The first kappa shape index (κ1) is 15.4. The third kappa shape index (κ3) is 4.77. The van der Waals surface area contributed by atoms with E-state index < -0.39 is 5.97 Å². The second-order valence-corrected chi connectivity index (χ2v) is 5.54. The highest BCUT2D eigenvalue weighted by molar-refractivity contribution is 5.82. The average Bonchev–Trinajstić information content (AvgIpc) is 3.23. The van der Waals surface area contributed by atoms with E-state index in [0.29, 0.717) is 13.0 Å². The van der Waals surface area contributed by atoms with Crippen LogP contribution in [0, 0.1) is 5.92 Å². The van der Waals surface area contributed by atoms with Crippen molar-refractivity contribution in [2.75, 3.05) is 6.54 Å². The van der Waals surface area contributed by atoms with Crippen molar-refractivity contribution in [3.8, 4) is 5.75 Å². The van der Waals surface area contributed by atoms with Gasteiger partial charge in [-0.1, -0.05) is 18.6 Å². The molecule has 2 rings (SSSR count). The van der Waals surface area contributed by atoms with Crippen molar-refractivity contribution in [3.63, 3.8) is 0 Å². The van der Waals surface area contributed by atoms with E-state index in [1.807, 2.05) is 12.1 Å². The van der Waals surface area contributed by atoms with Crippen LogP contribution in [0.2, 0.25) is 0 Å². The number of benzene rings is 1. The van der Waals surface area contributed by atoms with Crippen LogP contribution in [0.25, 0.3) is 0 Å². The monoisotopic (exact) mass is 291 g/mol. The van der Waals surface area contributed by atoms with Gasteiger partial charge in [-0.2, -0.15) is 0 Å². The Bertz CT molecular complexity index is 498. The molecule has 0 saturated heterocycles. The van der Waals surface area contributed by atoms with Gasteiger partial charge in [0.1, 0.15) is 5.75 Å². The molecule has 1 aromatic rings. The Morgan fingerprint density at radius 3 is 2.52 bits per heavy atom. The van der Waals surface area contributed by atoms with Gasteiger partial charge in [0, 0.05) is 18.9 Å². The van der Waals surface area contributed by atoms with Gasteiger partial charge in [0.2, 0.25) is 5.91 Å². The predicted molar refractivity (Wildman–Crippen MR) is 78.1 cm³/mol. The molecule has 1 fully saturated rings. The van der Waals surface area contributed by atoms with Crippen LogP contribution in [0.4, 0.5) is 0 Å². The zero-order valence-corrected chi connectivity index (χ0v) is 11.9. The molecule has 1 aliphatic carbocycles. The Kier molecular flexibility index (Phi) is 5.20. The lowest BCUT2D eigenvalue weighted by Crippen LogP contribution is -2.26. The van der Waals surface area contributed by atoms with Gasteiger partial charge in [0.15, 0.2) is 0 Å². The average molecular weight is 291 g/mol. The number of nitrogens with one attached hydrogen (secondary N) is 1. The Hall–Kier alpha value is -2.04. The molecule has 0 spiro atoms. The molecule has 1 amide bonds. The van der Waals surface area contributed by atoms with Gasteiger partial charge in [-0.25, -0.2) is 0 Å². The maximum absolute atomic E-state index is 11.9. The first-order chi connectivity index (χ1) is 10.1. The molecule has 0 aromatic heterocycles. The van der Waals surface area contributed by atoms with Crippen molar-refractivity contribution in [3.05, 3.63) is 29.8 Å². The molecule has 0 bridgehead atoms. The van der Waals surface area contributed by atoms with Gasteiger partial charge < -0.3 is 15.5 Å². The lowest BCUT2D eigenvalue weighted by Gasteiger charge is -2.05. The number of aromatic hydroxyl groups is 1. The highest BCUT2D eigenvalue weighted by Gasteiger charge is 2.43. The van der Waals surface area contributed by atoms with Crippen LogP contribution < -0.4 is 5.32 Å². The highest BCUT2D eigenvalue weighted by atomic mass is 16.4. The highest BCUT2D eigenvalue weighted by Crippen LogP contribution is 2.47. The van der Waals surface area contributed by atoms with Gasteiger partial charge >= 0.3 is 5.97 Å². The van der Waals surface area contributed by atoms with E-state index in [9.17, 15) is 14.7 Å². The van der Waals surface area contributed by atoms with Crippen molar-refractivity contribution in [1.82, 2.24) is 5.32 Å². The van der Waals surface area contributed by atoms with Crippen molar-refractivity contribution in [2.45, 2.75) is 38.0 Å². The normalized spacial score (nSPS) is 20.0. The van der Waals surface area contributed by atoms with Crippen LogP contribution in [-0.2, 0) is 9.59 Å². The SMILES string of the molecule is O=C(O)CCCCCNC(=O)C1CC1c1ccc(O)cc1. The molecule has 5 heteroatoms. The molecule has 114 valence electrons. The summed E-state index contributed by atoms with van der Waals surface area (Å²) in [6.07, 6.45) is 3.34. The number of aliphatic carboxylic acids is 1. The van der Waals surface area contributed by atoms with Crippen LogP contribution in [0.15, 0.2) is 24.3 Å². The fraction of sp³-hybridized carbons (Fsp3) is 0.500. The summed E-state index contributed by atoms with van der Waals surface area (Å²) in [6.45, 7) is 0.608. The first-order valence-corrected chi connectivity index (χ1v) is 7.36. The maximum Gasteiger partial charge on any atom is 0.303 e. The lowest BCUT2D eigenvalue weighted by atomic mass is 10.1. The third-order valence-electron chi connectivity index (χ3n) is 3.82. The van der Waals surface area contributed by atoms with E-state index in [2.05, 4.69) is 5.32 Å². The number of carboxylic acids is 1. The minimum atomic E-state index is -0.770. The summed E-state index contributed by atoms with van der Waals surface area (Å²) in [4.78, 5) is 22.3. The van der Waals surface area contributed by atoms with Gasteiger partial charge in [-0.15, -0.1) is 0 Å². The molecular weight excluding hydrogens is 270 g/mol. The number of hydrogen-bond donors (Lipinski definition) is 3. The smallest absolute Gasteiger partial charge is 0.303 e. The Balaban J connectivity index is 1.62. The Morgan fingerprint density at radius 1 is 1.14 bits per heavy atom. The number of carboxylic acid groups (broad SMARTS) is 1. The number of rotatable bonds is 8. The number of phenols is 1. The molecule has 5 nitrogen and oxygen atoms in total. The van der Waals surface area contributed by atoms with Gasteiger partial charge in [-0.05, 0) is 42.9 Å². The Morgan fingerprint density at radius 2 is 1.86 bits per heavy atom. The molecule has 0 aliphatic heterocycles. The van der Waals surface area contributed by atoms with Crippen molar-refractivity contribution < 1.29 is 19.8 Å². The largest absolute Gasteiger partial charge is 0.508 e. The topological polar surface area (TPSA) is 86.6 Å².